The molecule has 0 saturated carbocycles. The number of hydrogen-bond donors (Lipinski definition) is 0. The van der Waals surface area contributed by atoms with Crippen molar-refractivity contribution in [3.63, 3.8) is 0 Å². The van der Waals surface area contributed by atoms with Crippen LogP contribution in [-0.2, 0) is 0 Å². The van der Waals surface area contributed by atoms with Gasteiger partial charge in [-0.05, 0) is 102 Å². The van der Waals surface area contributed by atoms with Gasteiger partial charge in [-0.15, -0.1) is 45.3 Å². The summed E-state index contributed by atoms with van der Waals surface area (Å²) >= 11 is 7.49. The lowest BCUT2D eigenvalue weighted by Crippen LogP contribution is -2.13. The Morgan fingerprint density at radius 3 is 1.65 bits per heavy atom. The van der Waals surface area contributed by atoms with Crippen LogP contribution in [0.4, 0.5) is 0 Å². The molecule has 52 heavy (non-hydrogen) atoms. The molecule has 0 amide bonds. The van der Waals surface area contributed by atoms with Gasteiger partial charge in [0.2, 0.25) is 0 Å². The predicted molar refractivity (Wildman–Crippen MR) is 236 cm³/mol. The Labute approximate surface area is 329 Å². The van der Waals surface area contributed by atoms with E-state index in [1.165, 1.54) is 153 Å². The first kappa shape index (κ1) is 39.3. The van der Waals surface area contributed by atoms with Crippen molar-refractivity contribution >= 4 is 76.3 Å². The lowest BCUT2D eigenvalue weighted by Gasteiger charge is -2.21. The molecule has 0 spiro atoms. The molecule has 2 nitrogen and oxygen atoms in total. The van der Waals surface area contributed by atoms with Crippen LogP contribution in [0.15, 0.2) is 59.3 Å². The van der Waals surface area contributed by atoms with Crippen LogP contribution in [-0.4, -0.2) is 13.2 Å². The van der Waals surface area contributed by atoms with E-state index in [1.54, 1.807) is 0 Å². The van der Waals surface area contributed by atoms with Crippen molar-refractivity contribution in [1.29, 1.82) is 0 Å². The maximum atomic E-state index is 7.06. The van der Waals surface area contributed by atoms with Crippen molar-refractivity contribution in [3.8, 4) is 31.0 Å². The van der Waals surface area contributed by atoms with E-state index in [0.717, 1.165) is 24.7 Å². The molecule has 0 N–H and O–H groups in total. The highest BCUT2D eigenvalue weighted by molar-refractivity contribution is 7.28. The molecule has 4 heterocycles. The second kappa shape index (κ2) is 20.3. The average Bonchev–Trinajstić information content (AvgIpc) is 3.99. The van der Waals surface area contributed by atoms with Gasteiger partial charge in [-0.2, -0.15) is 0 Å². The van der Waals surface area contributed by atoms with Gasteiger partial charge in [0, 0.05) is 39.7 Å². The Hall–Kier alpha value is -2.38. The van der Waals surface area contributed by atoms with E-state index in [4.69, 9.17) is 9.47 Å². The summed E-state index contributed by atoms with van der Waals surface area (Å²) in [5.74, 6) is 3.25. The highest BCUT2D eigenvalue weighted by atomic mass is 32.1. The van der Waals surface area contributed by atoms with Crippen LogP contribution < -0.4 is 9.47 Å². The number of unbranched alkanes of at least 4 members (excludes halogenated alkanes) is 8. The summed E-state index contributed by atoms with van der Waals surface area (Å²) in [6.07, 6.45) is 20.5. The molecule has 2 aromatic carbocycles. The lowest BCUT2D eigenvalue weighted by molar-refractivity contribution is 0.226. The molecule has 2 unspecified atom stereocenters. The summed E-state index contributed by atoms with van der Waals surface area (Å²) in [5.41, 5.74) is 0. The average molecular weight is 773 g/mol. The Morgan fingerprint density at radius 2 is 1.06 bits per heavy atom. The molecule has 0 bridgehead atoms. The Kier molecular flexibility index (Phi) is 15.4. The van der Waals surface area contributed by atoms with E-state index in [9.17, 15) is 0 Å². The maximum Gasteiger partial charge on any atom is 0.129 e. The van der Waals surface area contributed by atoms with Crippen molar-refractivity contribution in [2.45, 2.75) is 130 Å². The smallest absolute Gasteiger partial charge is 0.129 e. The fraction of sp³-hybridized carbons (Fsp3) is 0.522. The zero-order valence-electron chi connectivity index (χ0n) is 32.1. The molecule has 6 aromatic rings. The molecule has 280 valence electrons. The minimum atomic E-state index is 0.590. The maximum absolute atomic E-state index is 7.06. The third-order valence-corrected chi connectivity index (χ3v) is 15.1. The monoisotopic (exact) mass is 772 g/mol. The van der Waals surface area contributed by atoms with E-state index in [-0.39, 0.29) is 0 Å². The van der Waals surface area contributed by atoms with Crippen LogP contribution in [0.2, 0.25) is 0 Å². The Bertz CT molecular complexity index is 1900. The quantitative estimate of drug-likeness (QED) is 0.0571. The SMILES string of the molecule is CCCCCCC(CCCC)COc1cc2cc(-c3ccc(-c4cccs4)s3)sc2c2c(OCC(CCCC)CCCCCC)cc3ccsc3c12. The number of rotatable bonds is 24. The summed E-state index contributed by atoms with van der Waals surface area (Å²) in [6.45, 7) is 10.8. The fourth-order valence-electron chi connectivity index (χ4n) is 7.58. The molecule has 0 saturated heterocycles. The van der Waals surface area contributed by atoms with Crippen molar-refractivity contribution in [2.24, 2.45) is 11.8 Å². The number of hydrogen-bond acceptors (Lipinski definition) is 6. The predicted octanol–water partition coefficient (Wildman–Crippen LogP) is 17.0. The molecule has 0 aliphatic heterocycles. The molecule has 0 radical (unpaired) electrons. The first-order valence-corrected chi connectivity index (χ1v) is 23.8. The largest absolute Gasteiger partial charge is 0.493 e. The molecular weight excluding hydrogens is 713 g/mol. The number of ether oxygens (including phenoxy) is 2. The number of thiophene rings is 4. The molecule has 0 fully saturated rings. The number of benzene rings is 2. The van der Waals surface area contributed by atoms with Crippen LogP contribution in [0.1, 0.15) is 130 Å². The minimum absolute atomic E-state index is 0.590. The molecule has 4 aromatic heterocycles. The van der Waals surface area contributed by atoms with Gasteiger partial charge in [0.25, 0.3) is 0 Å². The van der Waals surface area contributed by atoms with Crippen molar-refractivity contribution in [3.05, 3.63) is 59.3 Å². The Balaban J connectivity index is 1.40. The van der Waals surface area contributed by atoms with Crippen LogP contribution >= 0.6 is 45.3 Å². The molecule has 6 rings (SSSR count). The lowest BCUT2D eigenvalue weighted by atomic mass is 9.95. The number of fused-ring (bicyclic) bond motifs is 5. The normalized spacial score (nSPS) is 13.1. The van der Waals surface area contributed by atoms with Gasteiger partial charge in [-0.1, -0.05) is 111 Å². The topological polar surface area (TPSA) is 18.5 Å². The second-order valence-electron chi connectivity index (χ2n) is 14.8. The second-order valence-corrected chi connectivity index (χ2v) is 18.8. The van der Waals surface area contributed by atoms with Crippen LogP contribution in [0.25, 0.3) is 50.5 Å². The third-order valence-electron chi connectivity index (χ3n) is 10.7. The molecule has 6 heteroatoms. The standard InChI is InChI=1S/C46H60O2S4/c1-5-9-13-15-20-33(18-11-7-3)31-47-37-28-35-25-27-50-45(35)43-38(48-32-34(19-12-8-4)21-16-14-10-6-2)29-36-30-42(52-46(36)44(37)43)41-24-23-40(51-41)39-22-17-26-49-39/h17,22-30,33-34H,5-16,18-21,31-32H2,1-4H3. The van der Waals surface area contributed by atoms with Crippen LogP contribution in [0.3, 0.4) is 0 Å². The molecule has 2 atom stereocenters. The summed E-state index contributed by atoms with van der Waals surface area (Å²) in [6, 6.07) is 18.4. The summed E-state index contributed by atoms with van der Waals surface area (Å²) in [4.78, 5) is 5.34. The summed E-state index contributed by atoms with van der Waals surface area (Å²) < 4.78 is 16.8. The minimum Gasteiger partial charge on any atom is -0.493 e. The van der Waals surface area contributed by atoms with Crippen LogP contribution in [0.5, 0.6) is 11.5 Å². The van der Waals surface area contributed by atoms with E-state index in [1.807, 2.05) is 45.3 Å². The summed E-state index contributed by atoms with van der Waals surface area (Å²) in [5, 5.41) is 9.45. The van der Waals surface area contributed by atoms with E-state index < -0.39 is 0 Å². The first-order chi connectivity index (χ1) is 25.6. The van der Waals surface area contributed by atoms with Gasteiger partial charge in [-0.3, -0.25) is 0 Å². The Morgan fingerprint density at radius 1 is 0.481 bits per heavy atom. The van der Waals surface area contributed by atoms with Gasteiger partial charge in [0.05, 0.1) is 13.2 Å². The van der Waals surface area contributed by atoms with Gasteiger partial charge in [0.15, 0.2) is 0 Å². The van der Waals surface area contributed by atoms with Crippen molar-refractivity contribution < 1.29 is 9.47 Å². The molecule has 0 aliphatic carbocycles. The van der Waals surface area contributed by atoms with E-state index in [0.29, 0.717) is 11.8 Å². The van der Waals surface area contributed by atoms with Crippen LogP contribution in [0, 0.1) is 11.8 Å². The molecule has 0 aliphatic rings. The van der Waals surface area contributed by atoms with E-state index in [2.05, 4.69) is 87.0 Å². The fourth-order valence-corrected chi connectivity index (χ4v) is 11.6. The van der Waals surface area contributed by atoms with Crippen molar-refractivity contribution in [1.82, 2.24) is 0 Å². The van der Waals surface area contributed by atoms with E-state index >= 15 is 0 Å². The third kappa shape index (κ3) is 10.0. The zero-order valence-corrected chi connectivity index (χ0v) is 35.4. The first-order valence-electron chi connectivity index (χ1n) is 20.4. The van der Waals surface area contributed by atoms with Gasteiger partial charge in [0.1, 0.15) is 11.5 Å². The van der Waals surface area contributed by atoms with Gasteiger partial charge >= 0.3 is 0 Å². The highest BCUT2D eigenvalue weighted by Crippen LogP contribution is 2.50. The van der Waals surface area contributed by atoms with Crippen molar-refractivity contribution in [2.75, 3.05) is 13.2 Å². The zero-order chi connectivity index (χ0) is 36.1. The van der Waals surface area contributed by atoms with Gasteiger partial charge < -0.3 is 9.47 Å². The highest BCUT2D eigenvalue weighted by Gasteiger charge is 2.22. The molecular formula is C46H60O2S4. The summed E-state index contributed by atoms with van der Waals surface area (Å²) in [7, 11) is 0. The van der Waals surface area contributed by atoms with Gasteiger partial charge in [-0.25, -0.2) is 0 Å².